The number of piperidine rings is 1. The van der Waals surface area contributed by atoms with Crippen molar-refractivity contribution in [1.82, 2.24) is 10.3 Å². The lowest BCUT2D eigenvalue weighted by atomic mass is 9.94. The first kappa shape index (κ1) is 35.3. The number of nitriles is 1. The number of hydrogen-bond acceptors (Lipinski definition) is 8. The van der Waals surface area contributed by atoms with E-state index in [-0.39, 0.29) is 16.4 Å². The Labute approximate surface area is 263 Å². The van der Waals surface area contributed by atoms with Crippen LogP contribution in [0.5, 0.6) is 5.88 Å². The number of benzene rings is 3. The summed E-state index contributed by atoms with van der Waals surface area (Å²) >= 11 is 0. The summed E-state index contributed by atoms with van der Waals surface area (Å²) < 4.78 is 78.6. The van der Waals surface area contributed by atoms with E-state index in [1.807, 2.05) is 32.0 Å². The predicted octanol–water partition coefficient (Wildman–Crippen LogP) is 5.62. The zero-order chi connectivity index (χ0) is 33.0. The van der Waals surface area contributed by atoms with Crippen molar-refractivity contribution in [2.24, 2.45) is 0 Å². The smallest absolute Gasteiger partial charge is 0.294 e. The summed E-state index contributed by atoms with van der Waals surface area (Å²) in [5.74, 6) is 0.523. The van der Waals surface area contributed by atoms with Gasteiger partial charge in [0, 0.05) is 23.2 Å². The second-order valence-corrected chi connectivity index (χ2v) is 13.1. The molecule has 0 unspecified atom stereocenters. The van der Waals surface area contributed by atoms with Crippen molar-refractivity contribution < 1.29 is 35.1 Å². The Morgan fingerprint density at radius 2 is 1.40 bits per heavy atom. The Morgan fingerprint density at radius 3 is 1.87 bits per heavy atom. The van der Waals surface area contributed by atoms with Gasteiger partial charge in [0.1, 0.15) is 12.4 Å². The maximum atomic E-state index is 13.9. The maximum absolute atomic E-state index is 13.9. The highest BCUT2D eigenvalue weighted by Crippen LogP contribution is 2.25. The number of aryl methyl sites for hydroxylation is 2. The Bertz CT molecular complexity index is 1750. The van der Waals surface area contributed by atoms with Gasteiger partial charge in [0.15, 0.2) is 0 Å². The lowest BCUT2D eigenvalue weighted by Gasteiger charge is -2.22. The summed E-state index contributed by atoms with van der Waals surface area (Å²) in [5.41, 5.74) is 3.66. The van der Waals surface area contributed by atoms with Crippen LogP contribution in [0.15, 0.2) is 94.7 Å². The van der Waals surface area contributed by atoms with E-state index in [0.717, 1.165) is 42.8 Å². The molecule has 4 aromatic rings. The second-order valence-electron chi connectivity index (χ2n) is 10.2. The van der Waals surface area contributed by atoms with Crippen molar-refractivity contribution >= 4 is 20.2 Å². The van der Waals surface area contributed by atoms with Crippen LogP contribution in [-0.2, 0) is 26.8 Å². The third-order valence-corrected chi connectivity index (χ3v) is 8.43. The molecule has 3 aromatic carbocycles. The van der Waals surface area contributed by atoms with Crippen LogP contribution in [0.2, 0.25) is 0 Å². The van der Waals surface area contributed by atoms with Gasteiger partial charge in [-0.3, -0.25) is 9.11 Å². The van der Waals surface area contributed by atoms with Gasteiger partial charge in [0.05, 0.1) is 21.4 Å². The van der Waals surface area contributed by atoms with Gasteiger partial charge in [-0.05, 0) is 82.2 Å². The van der Waals surface area contributed by atoms with Crippen LogP contribution in [0.3, 0.4) is 0 Å². The summed E-state index contributed by atoms with van der Waals surface area (Å²) in [7, 11) is -8.04. The fourth-order valence-electron chi connectivity index (χ4n) is 4.16. The van der Waals surface area contributed by atoms with Gasteiger partial charge in [-0.1, -0.05) is 47.5 Å². The molecule has 3 N–H and O–H groups in total. The normalized spacial score (nSPS) is 13.3. The van der Waals surface area contributed by atoms with E-state index in [1.54, 1.807) is 42.5 Å². The number of hydrogen-bond donors (Lipinski definition) is 3. The van der Waals surface area contributed by atoms with Gasteiger partial charge in [0.25, 0.3) is 20.2 Å². The molecular formula is C32H34FN3O7S2. The number of aromatic nitrogens is 1. The average Bonchev–Trinajstić information content (AvgIpc) is 3.01. The molecule has 1 fully saturated rings. The molecule has 45 heavy (non-hydrogen) atoms. The van der Waals surface area contributed by atoms with E-state index >= 15 is 0 Å². The average molecular weight is 656 g/mol. The first-order valence-electron chi connectivity index (χ1n) is 13.8. The van der Waals surface area contributed by atoms with Crippen molar-refractivity contribution in [3.05, 3.63) is 119 Å². The first-order chi connectivity index (χ1) is 21.3. The Balaban J connectivity index is 0.000000210. The summed E-state index contributed by atoms with van der Waals surface area (Å²) in [5, 5.41) is 12.1. The van der Waals surface area contributed by atoms with E-state index in [9.17, 15) is 21.2 Å². The van der Waals surface area contributed by atoms with Gasteiger partial charge in [0.2, 0.25) is 5.88 Å². The molecule has 1 aliphatic heterocycles. The highest BCUT2D eigenvalue weighted by Gasteiger charge is 2.17. The summed E-state index contributed by atoms with van der Waals surface area (Å²) in [4.78, 5) is 4.42. The van der Waals surface area contributed by atoms with Gasteiger partial charge in [-0.2, -0.15) is 22.1 Å². The van der Waals surface area contributed by atoms with Crippen molar-refractivity contribution in [2.75, 3.05) is 13.1 Å². The Hall–Kier alpha value is -4.19. The molecule has 238 valence electrons. The van der Waals surface area contributed by atoms with Crippen molar-refractivity contribution in [1.29, 1.82) is 5.26 Å². The molecule has 1 aliphatic rings. The van der Waals surface area contributed by atoms with Crippen LogP contribution in [-0.4, -0.2) is 44.0 Å². The standard InChI is InChI=1S/C18H18FN3O.2C7H8O3S/c19-16-10-13(11-20)4-5-15(16)12-23-18-3-1-2-17(22-18)14-6-8-21-9-7-14;2*1-6-2-4-7(5-3-6)11(8,9)10/h1-5,10,14,21H,6-9,12H2;2*2-5H,1H3,(H,8,9,10). The van der Waals surface area contributed by atoms with Gasteiger partial charge in [-0.25, -0.2) is 9.37 Å². The number of ether oxygens (including phenoxy) is 1. The van der Waals surface area contributed by atoms with Crippen LogP contribution in [0.25, 0.3) is 0 Å². The van der Waals surface area contributed by atoms with Crippen molar-refractivity contribution in [3.8, 4) is 11.9 Å². The largest absolute Gasteiger partial charge is 0.473 e. The molecule has 0 atom stereocenters. The number of halogens is 1. The van der Waals surface area contributed by atoms with E-state index in [2.05, 4.69) is 10.3 Å². The lowest BCUT2D eigenvalue weighted by Crippen LogP contribution is -2.27. The SMILES string of the molecule is Cc1ccc(S(=O)(=O)O)cc1.Cc1ccc(S(=O)(=O)O)cc1.N#Cc1ccc(COc2cccc(C3CCNCC3)n2)c(F)c1. The zero-order valence-electron chi connectivity index (χ0n) is 24.7. The van der Waals surface area contributed by atoms with Crippen LogP contribution in [0.4, 0.5) is 4.39 Å². The molecule has 0 saturated carbocycles. The topological polar surface area (TPSA) is 167 Å². The minimum Gasteiger partial charge on any atom is -0.473 e. The van der Waals surface area contributed by atoms with Gasteiger partial charge < -0.3 is 10.1 Å². The van der Waals surface area contributed by atoms with Crippen LogP contribution >= 0.6 is 0 Å². The Kier molecular flexibility index (Phi) is 12.7. The third kappa shape index (κ3) is 11.7. The molecule has 0 bridgehead atoms. The number of nitrogens with one attached hydrogen (secondary N) is 1. The maximum Gasteiger partial charge on any atom is 0.294 e. The summed E-state index contributed by atoms with van der Waals surface area (Å²) in [6, 6.07) is 24.0. The molecule has 0 spiro atoms. The second kappa shape index (κ2) is 16.2. The minimum absolute atomic E-state index is 0.0666. The number of rotatable bonds is 6. The molecule has 10 nitrogen and oxygen atoms in total. The summed E-state index contributed by atoms with van der Waals surface area (Å²) in [6.07, 6.45) is 2.14. The lowest BCUT2D eigenvalue weighted by molar-refractivity contribution is 0.286. The van der Waals surface area contributed by atoms with E-state index < -0.39 is 26.1 Å². The van der Waals surface area contributed by atoms with E-state index in [0.29, 0.717) is 22.9 Å². The first-order valence-corrected chi connectivity index (χ1v) is 16.7. The van der Waals surface area contributed by atoms with Crippen molar-refractivity contribution in [3.63, 3.8) is 0 Å². The van der Waals surface area contributed by atoms with Crippen LogP contribution in [0, 0.1) is 31.0 Å². The molecule has 1 aromatic heterocycles. The van der Waals surface area contributed by atoms with Crippen LogP contribution < -0.4 is 10.1 Å². The van der Waals surface area contributed by atoms with Gasteiger partial charge >= 0.3 is 0 Å². The molecule has 0 amide bonds. The highest BCUT2D eigenvalue weighted by atomic mass is 32.2. The fourth-order valence-corrected chi connectivity index (χ4v) is 5.12. The monoisotopic (exact) mass is 655 g/mol. The molecular weight excluding hydrogens is 621 g/mol. The Morgan fingerprint density at radius 1 is 0.867 bits per heavy atom. The molecule has 1 saturated heterocycles. The molecule has 5 rings (SSSR count). The van der Waals surface area contributed by atoms with Crippen LogP contribution in [0.1, 0.15) is 46.7 Å². The zero-order valence-corrected chi connectivity index (χ0v) is 26.4. The highest BCUT2D eigenvalue weighted by molar-refractivity contribution is 7.86. The quantitative estimate of drug-likeness (QED) is 0.222. The predicted molar refractivity (Wildman–Crippen MR) is 167 cm³/mol. The van der Waals surface area contributed by atoms with E-state index in [4.69, 9.17) is 19.1 Å². The molecule has 0 aliphatic carbocycles. The molecule has 2 heterocycles. The van der Waals surface area contributed by atoms with Crippen molar-refractivity contribution in [2.45, 2.75) is 49.0 Å². The number of nitrogens with zero attached hydrogens (tertiary/aromatic N) is 2. The molecule has 13 heteroatoms. The third-order valence-electron chi connectivity index (χ3n) is 6.70. The van der Waals surface area contributed by atoms with E-state index in [1.165, 1.54) is 30.3 Å². The molecule has 0 radical (unpaired) electrons. The minimum atomic E-state index is -4.02. The van der Waals surface area contributed by atoms with Gasteiger partial charge in [-0.15, -0.1) is 0 Å². The summed E-state index contributed by atoms with van der Waals surface area (Å²) in [6.45, 7) is 5.80. The fraction of sp³-hybridized carbons (Fsp3) is 0.250. The number of pyridine rings is 1.